The van der Waals surface area contributed by atoms with E-state index in [9.17, 15) is 13.2 Å². The molecule has 0 atom stereocenters. The molecule has 3 aromatic carbocycles. The average Bonchev–Trinajstić information content (AvgIpc) is 3.25. The number of ether oxygens (including phenoxy) is 2. The van der Waals surface area contributed by atoms with Gasteiger partial charge in [-0.2, -0.15) is 0 Å². The highest BCUT2D eigenvalue weighted by molar-refractivity contribution is 7.92. The van der Waals surface area contributed by atoms with E-state index in [0.29, 0.717) is 31.0 Å². The first-order valence-corrected chi connectivity index (χ1v) is 11.8. The molecule has 0 fully saturated rings. The summed E-state index contributed by atoms with van der Waals surface area (Å²) in [6.45, 7) is 2.70. The summed E-state index contributed by atoms with van der Waals surface area (Å²) in [6.07, 6.45) is 0.695. The zero-order chi connectivity index (χ0) is 22.6. The van der Waals surface area contributed by atoms with Crippen LogP contribution in [0, 0.1) is 0 Å². The number of anilines is 2. The van der Waals surface area contributed by atoms with Crippen molar-refractivity contribution in [2.45, 2.75) is 18.2 Å². The SMILES string of the molecule is CCOc1ccc(NC(=O)COc2ccc(S(=O)(=O)N3CCc4ccccc43)cc2)cc1. The van der Waals surface area contributed by atoms with Crippen molar-refractivity contribution < 1.29 is 22.7 Å². The molecular formula is C24H24N2O5S. The second-order valence-electron chi connectivity index (χ2n) is 7.22. The van der Waals surface area contributed by atoms with Crippen molar-refractivity contribution in [2.24, 2.45) is 0 Å². The Kier molecular flexibility index (Phi) is 6.32. The van der Waals surface area contributed by atoms with Gasteiger partial charge in [-0.25, -0.2) is 8.42 Å². The number of hydrogen-bond acceptors (Lipinski definition) is 5. The summed E-state index contributed by atoms with van der Waals surface area (Å²) in [7, 11) is -3.66. The van der Waals surface area contributed by atoms with Crippen LogP contribution >= 0.6 is 0 Å². The predicted molar refractivity (Wildman–Crippen MR) is 123 cm³/mol. The van der Waals surface area contributed by atoms with Crippen molar-refractivity contribution in [3.63, 3.8) is 0 Å². The number of nitrogens with zero attached hydrogens (tertiary/aromatic N) is 1. The summed E-state index contributed by atoms with van der Waals surface area (Å²) in [6, 6.07) is 20.7. The largest absolute Gasteiger partial charge is 0.494 e. The summed E-state index contributed by atoms with van der Waals surface area (Å²) in [5.74, 6) is 0.821. The monoisotopic (exact) mass is 452 g/mol. The molecule has 1 N–H and O–H groups in total. The van der Waals surface area contributed by atoms with E-state index >= 15 is 0 Å². The first-order valence-electron chi connectivity index (χ1n) is 10.3. The quantitative estimate of drug-likeness (QED) is 0.561. The van der Waals surface area contributed by atoms with Crippen molar-refractivity contribution in [1.29, 1.82) is 0 Å². The highest BCUT2D eigenvalue weighted by atomic mass is 32.2. The van der Waals surface area contributed by atoms with Gasteiger partial charge in [0.25, 0.3) is 15.9 Å². The molecule has 1 heterocycles. The van der Waals surface area contributed by atoms with Crippen LogP contribution in [0.5, 0.6) is 11.5 Å². The number of nitrogens with one attached hydrogen (secondary N) is 1. The van der Waals surface area contributed by atoms with Gasteiger partial charge in [0, 0.05) is 12.2 Å². The van der Waals surface area contributed by atoms with E-state index in [0.717, 1.165) is 17.0 Å². The van der Waals surface area contributed by atoms with Gasteiger partial charge in [0.2, 0.25) is 0 Å². The van der Waals surface area contributed by atoms with E-state index < -0.39 is 10.0 Å². The smallest absolute Gasteiger partial charge is 0.264 e. The number of benzene rings is 3. The van der Waals surface area contributed by atoms with Crippen molar-refractivity contribution in [2.75, 3.05) is 29.4 Å². The molecular weight excluding hydrogens is 428 g/mol. The third kappa shape index (κ3) is 4.70. The summed E-state index contributed by atoms with van der Waals surface area (Å²) >= 11 is 0. The minimum Gasteiger partial charge on any atom is -0.494 e. The standard InChI is InChI=1S/C24H24N2O5S/c1-2-30-20-9-7-19(8-10-20)25-24(27)17-31-21-11-13-22(14-12-21)32(28,29)26-16-15-18-5-3-4-6-23(18)26/h3-14H,2,15-17H2,1H3,(H,25,27). The molecule has 1 aliphatic rings. The van der Waals surface area contributed by atoms with Gasteiger partial charge in [-0.15, -0.1) is 0 Å². The van der Waals surface area contributed by atoms with Gasteiger partial charge >= 0.3 is 0 Å². The fourth-order valence-electron chi connectivity index (χ4n) is 3.54. The van der Waals surface area contributed by atoms with Crippen molar-refractivity contribution in [3.05, 3.63) is 78.4 Å². The highest BCUT2D eigenvalue weighted by Gasteiger charge is 2.30. The molecule has 0 spiro atoms. The normalized spacial score (nSPS) is 12.8. The van der Waals surface area contributed by atoms with Crippen LogP contribution in [-0.4, -0.2) is 34.1 Å². The Hall–Kier alpha value is -3.52. The molecule has 3 aromatic rings. The number of fused-ring (bicyclic) bond motifs is 1. The molecule has 0 saturated carbocycles. The number of carbonyl (C=O) groups excluding carboxylic acids is 1. The van der Waals surface area contributed by atoms with Crippen LogP contribution in [0.25, 0.3) is 0 Å². The summed E-state index contributed by atoms with van der Waals surface area (Å²) in [5, 5.41) is 2.74. The van der Waals surface area contributed by atoms with Gasteiger partial charge in [0.15, 0.2) is 6.61 Å². The Morgan fingerprint density at radius 3 is 2.31 bits per heavy atom. The molecule has 7 nitrogen and oxygen atoms in total. The molecule has 0 aliphatic carbocycles. The van der Waals surface area contributed by atoms with Crippen LogP contribution in [-0.2, 0) is 21.2 Å². The summed E-state index contributed by atoms with van der Waals surface area (Å²) in [5.41, 5.74) is 2.38. The molecule has 0 aromatic heterocycles. The van der Waals surface area contributed by atoms with Crippen LogP contribution in [0.2, 0.25) is 0 Å². The van der Waals surface area contributed by atoms with Gasteiger partial charge in [-0.3, -0.25) is 9.10 Å². The minimum absolute atomic E-state index is 0.181. The summed E-state index contributed by atoms with van der Waals surface area (Å²) in [4.78, 5) is 12.3. The van der Waals surface area contributed by atoms with Gasteiger partial charge < -0.3 is 14.8 Å². The third-order valence-corrected chi connectivity index (χ3v) is 6.90. The molecule has 4 rings (SSSR count). The third-order valence-electron chi connectivity index (χ3n) is 5.08. The number of para-hydroxylation sites is 1. The minimum atomic E-state index is -3.66. The highest BCUT2D eigenvalue weighted by Crippen LogP contribution is 2.33. The molecule has 0 unspecified atom stereocenters. The number of sulfonamides is 1. The zero-order valence-electron chi connectivity index (χ0n) is 17.7. The first kappa shape index (κ1) is 21.7. The Morgan fingerprint density at radius 1 is 0.938 bits per heavy atom. The van der Waals surface area contributed by atoms with Gasteiger partial charge in [-0.05, 0) is 73.5 Å². The number of carbonyl (C=O) groups is 1. The van der Waals surface area contributed by atoms with Gasteiger partial charge in [-0.1, -0.05) is 18.2 Å². The molecule has 166 valence electrons. The fourth-order valence-corrected chi connectivity index (χ4v) is 5.04. The van der Waals surface area contributed by atoms with Crippen molar-refractivity contribution in [3.8, 4) is 11.5 Å². The van der Waals surface area contributed by atoms with E-state index in [2.05, 4.69) is 5.32 Å². The number of hydrogen-bond donors (Lipinski definition) is 1. The molecule has 0 saturated heterocycles. The van der Waals surface area contributed by atoms with Crippen LogP contribution in [0.4, 0.5) is 11.4 Å². The lowest BCUT2D eigenvalue weighted by Gasteiger charge is -2.19. The molecule has 1 aliphatic heterocycles. The maximum atomic E-state index is 13.1. The lowest BCUT2D eigenvalue weighted by atomic mass is 10.2. The fraction of sp³-hybridized carbons (Fsp3) is 0.208. The van der Waals surface area contributed by atoms with Crippen molar-refractivity contribution >= 4 is 27.3 Å². The Balaban J connectivity index is 1.35. The Morgan fingerprint density at radius 2 is 1.59 bits per heavy atom. The Bertz CT molecular complexity index is 1190. The molecule has 8 heteroatoms. The maximum absolute atomic E-state index is 13.1. The zero-order valence-corrected chi connectivity index (χ0v) is 18.5. The van der Waals surface area contributed by atoms with E-state index in [1.54, 1.807) is 36.4 Å². The van der Waals surface area contributed by atoms with E-state index in [-0.39, 0.29) is 17.4 Å². The first-order chi connectivity index (χ1) is 15.5. The van der Waals surface area contributed by atoms with E-state index in [1.807, 2.05) is 31.2 Å². The van der Waals surface area contributed by atoms with E-state index in [4.69, 9.17) is 9.47 Å². The second-order valence-corrected chi connectivity index (χ2v) is 9.08. The van der Waals surface area contributed by atoms with Crippen molar-refractivity contribution in [1.82, 2.24) is 0 Å². The lowest BCUT2D eigenvalue weighted by molar-refractivity contribution is -0.118. The second kappa shape index (κ2) is 9.32. The molecule has 0 radical (unpaired) electrons. The molecule has 32 heavy (non-hydrogen) atoms. The number of amides is 1. The lowest BCUT2D eigenvalue weighted by Crippen LogP contribution is -2.29. The maximum Gasteiger partial charge on any atom is 0.264 e. The van der Waals surface area contributed by atoms with Gasteiger partial charge in [0.1, 0.15) is 11.5 Å². The van der Waals surface area contributed by atoms with E-state index in [1.165, 1.54) is 16.4 Å². The topological polar surface area (TPSA) is 84.9 Å². The summed E-state index contributed by atoms with van der Waals surface area (Å²) < 4.78 is 38.4. The number of rotatable bonds is 8. The van der Waals surface area contributed by atoms with Crippen LogP contribution in [0.3, 0.4) is 0 Å². The van der Waals surface area contributed by atoms with Crippen LogP contribution < -0.4 is 19.1 Å². The molecule has 0 bridgehead atoms. The predicted octanol–water partition coefficient (Wildman–Crippen LogP) is 3.85. The average molecular weight is 453 g/mol. The Labute approximate surface area is 187 Å². The molecule has 1 amide bonds. The van der Waals surface area contributed by atoms with Crippen LogP contribution in [0.1, 0.15) is 12.5 Å². The van der Waals surface area contributed by atoms with Crippen LogP contribution in [0.15, 0.2) is 77.7 Å². The van der Waals surface area contributed by atoms with Gasteiger partial charge in [0.05, 0.1) is 17.2 Å².